The number of amides is 3. The van der Waals surface area contributed by atoms with E-state index < -0.39 is 30.0 Å². The maximum Gasteiger partial charge on any atom is 0.326 e. The summed E-state index contributed by atoms with van der Waals surface area (Å²) in [5.41, 5.74) is 5.41. The number of carbonyl (C=O) groups is 4. The molecule has 29 heavy (non-hydrogen) atoms. The van der Waals surface area contributed by atoms with Gasteiger partial charge < -0.3 is 31.7 Å². The Morgan fingerprint density at radius 1 is 1.17 bits per heavy atom. The summed E-state index contributed by atoms with van der Waals surface area (Å²) < 4.78 is 0. The molecule has 0 unspecified atom stereocenters. The molecule has 2 fully saturated rings. The van der Waals surface area contributed by atoms with Gasteiger partial charge in [0.05, 0.1) is 6.04 Å². The fraction of sp³-hybridized carbons (Fsp3) is 0.789. The van der Waals surface area contributed by atoms with E-state index in [9.17, 15) is 24.3 Å². The summed E-state index contributed by atoms with van der Waals surface area (Å²) in [6.07, 6.45) is 4.53. The summed E-state index contributed by atoms with van der Waals surface area (Å²) in [6, 6.07) is -2.76. The number of nitrogens with one attached hydrogen (secondary N) is 3. The maximum absolute atomic E-state index is 12.7. The lowest BCUT2D eigenvalue weighted by Crippen LogP contribution is -2.55. The standard InChI is InChI=1S/C19H33N5O5/c1-12(16(25)23-14(19(28)29)6-2-3-9-20)22-17(26)15-8-5-11-24(15)18(27)13-7-4-10-21-13/h12-15,21H,2-11,20H2,1H3,(H,22,26)(H,23,25)(H,28,29)/t12-,13-,14-,15-/m0/s1. The van der Waals surface area contributed by atoms with E-state index in [0.29, 0.717) is 32.4 Å². The first-order valence-corrected chi connectivity index (χ1v) is 10.4. The average Bonchev–Trinajstić information content (AvgIpc) is 3.38. The van der Waals surface area contributed by atoms with Gasteiger partial charge in [0.1, 0.15) is 18.1 Å². The molecule has 3 amide bonds. The second-order valence-electron chi connectivity index (χ2n) is 7.75. The molecule has 6 N–H and O–H groups in total. The first-order valence-electron chi connectivity index (χ1n) is 10.4. The topological polar surface area (TPSA) is 154 Å². The zero-order valence-corrected chi connectivity index (χ0v) is 17.0. The lowest BCUT2D eigenvalue weighted by Gasteiger charge is -2.28. The smallest absolute Gasteiger partial charge is 0.326 e. The van der Waals surface area contributed by atoms with Gasteiger partial charge in [-0.15, -0.1) is 0 Å². The Morgan fingerprint density at radius 2 is 1.93 bits per heavy atom. The van der Waals surface area contributed by atoms with Crippen molar-refractivity contribution in [2.24, 2.45) is 5.73 Å². The van der Waals surface area contributed by atoms with Crippen molar-refractivity contribution in [2.45, 2.75) is 76.0 Å². The Hall–Kier alpha value is -2.20. The Morgan fingerprint density at radius 3 is 2.55 bits per heavy atom. The van der Waals surface area contributed by atoms with Crippen LogP contribution in [0.5, 0.6) is 0 Å². The molecule has 0 aromatic carbocycles. The second-order valence-corrected chi connectivity index (χ2v) is 7.75. The van der Waals surface area contributed by atoms with Crippen LogP contribution in [0.1, 0.15) is 51.9 Å². The number of hydrogen-bond acceptors (Lipinski definition) is 6. The van der Waals surface area contributed by atoms with Crippen molar-refractivity contribution in [3.8, 4) is 0 Å². The van der Waals surface area contributed by atoms with Crippen LogP contribution in [0.4, 0.5) is 0 Å². The molecule has 0 spiro atoms. The summed E-state index contributed by atoms with van der Waals surface area (Å²) >= 11 is 0. The largest absolute Gasteiger partial charge is 0.480 e. The van der Waals surface area contributed by atoms with Crippen LogP contribution < -0.4 is 21.7 Å². The molecule has 2 aliphatic heterocycles. The van der Waals surface area contributed by atoms with Crippen LogP contribution in [0, 0.1) is 0 Å². The first kappa shape index (κ1) is 23.1. The van der Waals surface area contributed by atoms with Crippen LogP contribution in [0.3, 0.4) is 0 Å². The van der Waals surface area contributed by atoms with Gasteiger partial charge >= 0.3 is 5.97 Å². The van der Waals surface area contributed by atoms with Crippen molar-refractivity contribution in [1.82, 2.24) is 20.9 Å². The van der Waals surface area contributed by atoms with E-state index in [4.69, 9.17) is 5.73 Å². The molecule has 10 heteroatoms. The third-order valence-electron chi connectivity index (χ3n) is 5.51. The van der Waals surface area contributed by atoms with Crippen LogP contribution in [0.25, 0.3) is 0 Å². The lowest BCUT2D eigenvalue weighted by atomic mass is 10.1. The van der Waals surface area contributed by atoms with Gasteiger partial charge in [-0.25, -0.2) is 4.79 Å². The van der Waals surface area contributed by atoms with Gasteiger partial charge in [0.2, 0.25) is 17.7 Å². The summed E-state index contributed by atoms with van der Waals surface area (Å²) in [4.78, 5) is 50.6. The Labute approximate surface area is 170 Å². The third-order valence-corrected chi connectivity index (χ3v) is 5.51. The molecule has 0 radical (unpaired) electrons. The lowest BCUT2D eigenvalue weighted by molar-refractivity contribution is -0.143. The Bertz CT molecular complexity index is 608. The summed E-state index contributed by atoms with van der Waals surface area (Å²) in [7, 11) is 0. The number of rotatable bonds is 10. The quantitative estimate of drug-likeness (QED) is 0.287. The number of nitrogens with zero attached hydrogens (tertiary/aromatic N) is 1. The number of hydrogen-bond donors (Lipinski definition) is 5. The molecule has 2 saturated heterocycles. The monoisotopic (exact) mass is 411 g/mol. The molecule has 0 aromatic rings. The predicted octanol–water partition coefficient (Wildman–Crippen LogP) is -1.07. The van der Waals surface area contributed by atoms with E-state index >= 15 is 0 Å². The highest BCUT2D eigenvalue weighted by atomic mass is 16.4. The molecule has 2 rings (SSSR count). The number of carboxylic acid groups (broad SMARTS) is 1. The minimum Gasteiger partial charge on any atom is -0.480 e. The fourth-order valence-electron chi connectivity index (χ4n) is 3.82. The van der Waals surface area contributed by atoms with Crippen LogP contribution in [-0.2, 0) is 19.2 Å². The summed E-state index contributed by atoms with van der Waals surface area (Å²) in [5.74, 6) is -2.13. The third kappa shape index (κ3) is 6.40. The van der Waals surface area contributed by atoms with Crippen LogP contribution >= 0.6 is 0 Å². The predicted molar refractivity (Wildman–Crippen MR) is 106 cm³/mol. The minimum atomic E-state index is -1.12. The minimum absolute atomic E-state index is 0.0666. The van der Waals surface area contributed by atoms with Crippen LogP contribution in [0.2, 0.25) is 0 Å². The maximum atomic E-state index is 12.7. The van der Waals surface area contributed by atoms with Crippen molar-refractivity contribution in [3.05, 3.63) is 0 Å². The van der Waals surface area contributed by atoms with Crippen molar-refractivity contribution >= 4 is 23.7 Å². The molecule has 164 valence electrons. The number of nitrogens with two attached hydrogens (primary N) is 1. The number of unbranched alkanes of at least 4 members (excludes halogenated alkanes) is 1. The first-order chi connectivity index (χ1) is 13.8. The van der Waals surface area contributed by atoms with Crippen molar-refractivity contribution in [3.63, 3.8) is 0 Å². The number of carboxylic acids is 1. The van der Waals surface area contributed by atoms with Crippen molar-refractivity contribution in [1.29, 1.82) is 0 Å². The molecule has 4 atom stereocenters. The van der Waals surface area contributed by atoms with E-state index in [-0.39, 0.29) is 24.3 Å². The van der Waals surface area contributed by atoms with E-state index in [0.717, 1.165) is 25.8 Å². The highest BCUT2D eigenvalue weighted by molar-refractivity contribution is 5.94. The zero-order valence-electron chi connectivity index (χ0n) is 17.0. The van der Waals surface area contributed by atoms with Gasteiger partial charge in [-0.3, -0.25) is 14.4 Å². The normalized spacial score (nSPS) is 23.4. The highest BCUT2D eigenvalue weighted by Crippen LogP contribution is 2.21. The molecular formula is C19H33N5O5. The molecule has 0 saturated carbocycles. The molecule has 0 aromatic heterocycles. The molecule has 2 heterocycles. The zero-order chi connectivity index (χ0) is 21.4. The van der Waals surface area contributed by atoms with Crippen molar-refractivity contribution in [2.75, 3.05) is 19.6 Å². The Balaban J connectivity index is 1.88. The molecule has 2 aliphatic rings. The van der Waals surface area contributed by atoms with E-state index in [1.165, 1.54) is 6.92 Å². The van der Waals surface area contributed by atoms with E-state index in [1.54, 1.807) is 4.90 Å². The SMILES string of the molecule is C[C@H](NC(=O)[C@@H]1CCCN1C(=O)[C@@H]1CCCN1)C(=O)N[C@@H](CCCCN)C(=O)O. The van der Waals surface area contributed by atoms with E-state index in [2.05, 4.69) is 16.0 Å². The summed E-state index contributed by atoms with van der Waals surface area (Å²) in [5, 5.41) is 17.5. The van der Waals surface area contributed by atoms with Crippen LogP contribution in [0.15, 0.2) is 0 Å². The molecule has 0 bridgehead atoms. The van der Waals surface area contributed by atoms with Gasteiger partial charge in [0.15, 0.2) is 0 Å². The Kier molecular flexibility index (Phi) is 8.84. The van der Waals surface area contributed by atoms with Gasteiger partial charge in [0, 0.05) is 6.54 Å². The van der Waals surface area contributed by atoms with Crippen molar-refractivity contribution < 1.29 is 24.3 Å². The van der Waals surface area contributed by atoms with Gasteiger partial charge in [-0.1, -0.05) is 0 Å². The second kappa shape index (κ2) is 11.1. The summed E-state index contributed by atoms with van der Waals surface area (Å²) in [6.45, 7) is 3.29. The van der Waals surface area contributed by atoms with E-state index in [1.807, 2.05) is 0 Å². The number of carbonyl (C=O) groups excluding carboxylic acids is 3. The van der Waals surface area contributed by atoms with Crippen LogP contribution in [-0.4, -0.2) is 77.5 Å². The molecular weight excluding hydrogens is 378 g/mol. The molecule has 0 aliphatic carbocycles. The fourth-order valence-corrected chi connectivity index (χ4v) is 3.82. The van der Waals surface area contributed by atoms with Gasteiger partial charge in [0.25, 0.3) is 0 Å². The highest BCUT2D eigenvalue weighted by Gasteiger charge is 2.38. The number of likely N-dealkylation sites (tertiary alicyclic amines) is 1. The average molecular weight is 412 g/mol. The van der Waals surface area contributed by atoms with Gasteiger partial charge in [-0.05, 0) is 65.0 Å². The van der Waals surface area contributed by atoms with Gasteiger partial charge in [-0.2, -0.15) is 0 Å². The molecule has 10 nitrogen and oxygen atoms in total. The number of aliphatic carboxylic acids is 1.